The first-order valence-corrected chi connectivity index (χ1v) is 10.00. The SMILES string of the molecule is COc1cccc(C=NN=C2NC(=O)C(CC(=O)O)S2)c1OCc1cccc(C)c1. The predicted molar refractivity (Wildman–Crippen MR) is 115 cm³/mol. The summed E-state index contributed by atoms with van der Waals surface area (Å²) in [6, 6.07) is 13.4. The van der Waals surface area contributed by atoms with Gasteiger partial charge in [-0.2, -0.15) is 5.10 Å². The Balaban J connectivity index is 1.74. The molecule has 156 valence electrons. The summed E-state index contributed by atoms with van der Waals surface area (Å²) in [5.41, 5.74) is 2.83. The zero-order valence-corrected chi connectivity index (χ0v) is 17.3. The number of aryl methyl sites for hydroxylation is 1. The molecular formula is C21H21N3O5S. The number of benzene rings is 2. The number of carbonyl (C=O) groups excluding carboxylic acids is 1. The van der Waals surface area contributed by atoms with Gasteiger partial charge < -0.3 is 19.9 Å². The fourth-order valence-electron chi connectivity index (χ4n) is 2.80. The molecule has 1 atom stereocenters. The van der Waals surface area contributed by atoms with E-state index in [1.807, 2.05) is 43.3 Å². The van der Waals surface area contributed by atoms with Gasteiger partial charge in [0.15, 0.2) is 16.7 Å². The molecule has 0 spiro atoms. The van der Waals surface area contributed by atoms with Gasteiger partial charge in [-0.1, -0.05) is 47.7 Å². The van der Waals surface area contributed by atoms with Crippen molar-refractivity contribution in [2.24, 2.45) is 10.2 Å². The molecule has 8 nitrogen and oxygen atoms in total. The zero-order chi connectivity index (χ0) is 21.5. The second-order valence-electron chi connectivity index (χ2n) is 6.50. The highest BCUT2D eigenvalue weighted by molar-refractivity contribution is 8.15. The van der Waals surface area contributed by atoms with Crippen LogP contribution >= 0.6 is 11.8 Å². The molecule has 2 aromatic carbocycles. The molecule has 1 fully saturated rings. The number of carboxylic acids is 1. The fraction of sp³-hybridized carbons (Fsp3) is 0.238. The monoisotopic (exact) mass is 427 g/mol. The smallest absolute Gasteiger partial charge is 0.305 e. The highest BCUT2D eigenvalue weighted by atomic mass is 32.2. The van der Waals surface area contributed by atoms with Gasteiger partial charge in [0.25, 0.3) is 0 Å². The van der Waals surface area contributed by atoms with Gasteiger partial charge in [0, 0.05) is 5.56 Å². The van der Waals surface area contributed by atoms with E-state index in [0.29, 0.717) is 23.7 Å². The van der Waals surface area contributed by atoms with E-state index in [1.165, 1.54) is 6.21 Å². The summed E-state index contributed by atoms with van der Waals surface area (Å²) < 4.78 is 11.4. The lowest BCUT2D eigenvalue weighted by Crippen LogP contribution is -2.26. The maximum absolute atomic E-state index is 11.8. The molecule has 1 aliphatic rings. The molecule has 2 aromatic rings. The van der Waals surface area contributed by atoms with Crippen LogP contribution in [0.25, 0.3) is 0 Å². The van der Waals surface area contributed by atoms with Gasteiger partial charge >= 0.3 is 5.97 Å². The maximum atomic E-state index is 11.8. The quantitative estimate of drug-likeness (QED) is 0.495. The van der Waals surface area contributed by atoms with E-state index in [1.54, 1.807) is 13.2 Å². The number of carboxylic acid groups (broad SMARTS) is 1. The lowest BCUT2D eigenvalue weighted by atomic mass is 10.1. The third kappa shape index (κ3) is 5.60. The molecule has 1 amide bonds. The molecule has 0 aliphatic carbocycles. The largest absolute Gasteiger partial charge is 0.493 e. The minimum Gasteiger partial charge on any atom is -0.493 e. The Morgan fingerprint density at radius 3 is 2.83 bits per heavy atom. The number of para-hydroxylation sites is 1. The van der Waals surface area contributed by atoms with Crippen molar-refractivity contribution < 1.29 is 24.2 Å². The number of ether oxygens (including phenoxy) is 2. The normalized spacial score (nSPS) is 17.3. The molecule has 2 N–H and O–H groups in total. The van der Waals surface area contributed by atoms with Gasteiger partial charge in [0.2, 0.25) is 5.91 Å². The highest BCUT2D eigenvalue weighted by Crippen LogP contribution is 2.31. The minimum atomic E-state index is -1.04. The predicted octanol–water partition coefficient (Wildman–Crippen LogP) is 2.98. The van der Waals surface area contributed by atoms with E-state index < -0.39 is 11.2 Å². The summed E-state index contributed by atoms with van der Waals surface area (Å²) in [6.07, 6.45) is 1.23. The molecule has 9 heteroatoms. The Morgan fingerprint density at radius 1 is 1.30 bits per heavy atom. The van der Waals surface area contributed by atoms with E-state index in [2.05, 4.69) is 15.5 Å². The number of thioether (sulfide) groups is 1. The standard InChI is InChI=1S/C21H21N3O5S/c1-13-5-3-6-14(9-13)12-29-19-15(7-4-8-16(19)28-2)11-22-24-21-23-20(27)17(30-21)10-18(25)26/h3-9,11,17H,10,12H2,1-2H3,(H,25,26)(H,23,24,27). The molecule has 1 saturated heterocycles. The van der Waals surface area contributed by atoms with Crippen molar-refractivity contribution >= 4 is 35.0 Å². The minimum absolute atomic E-state index is 0.257. The van der Waals surface area contributed by atoms with Crippen molar-refractivity contribution in [3.05, 3.63) is 59.2 Å². The lowest BCUT2D eigenvalue weighted by molar-refractivity contribution is -0.138. The van der Waals surface area contributed by atoms with Gasteiger partial charge in [-0.3, -0.25) is 9.59 Å². The maximum Gasteiger partial charge on any atom is 0.305 e. The number of aliphatic carboxylic acids is 1. The zero-order valence-electron chi connectivity index (χ0n) is 16.5. The van der Waals surface area contributed by atoms with Crippen LogP contribution in [0.15, 0.2) is 52.7 Å². The lowest BCUT2D eigenvalue weighted by Gasteiger charge is -2.13. The van der Waals surface area contributed by atoms with Crippen LogP contribution in [0, 0.1) is 6.92 Å². The van der Waals surface area contributed by atoms with Crippen LogP contribution in [0.1, 0.15) is 23.1 Å². The van der Waals surface area contributed by atoms with Gasteiger partial charge in [-0.25, -0.2) is 0 Å². The van der Waals surface area contributed by atoms with Crippen molar-refractivity contribution in [3.63, 3.8) is 0 Å². The number of rotatable bonds is 8. The summed E-state index contributed by atoms with van der Waals surface area (Å²) in [5.74, 6) is -0.347. The Morgan fingerprint density at radius 2 is 2.10 bits per heavy atom. The molecule has 0 bridgehead atoms. The number of carbonyl (C=O) groups is 2. The van der Waals surface area contributed by atoms with Crippen molar-refractivity contribution in [2.75, 3.05) is 7.11 Å². The van der Waals surface area contributed by atoms with Crippen molar-refractivity contribution in [1.82, 2.24) is 5.32 Å². The Bertz CT molecular complexity index is 1010. The number of nitrogens with zero attached hydrogens (tertiary/aromatic N) is 2. The van der Waals surface area contributed by atoms with Crippen molar-refractivity contribution in [1.29, 1.82) is 0 Å². The van der Waals surface area contributed by atoms with Gasteiger partial charge in [-0.15, -0.1) is 5.10 Å². The summed E-state index contributed by atoms with van der Waals surface area (Å²) >= 11 is 1.04. The molecule has 0 saturated carbocycles. The van der Waals surface area contributed by atoms with Gasteiger partial charge in [-0.05, 0) is 24.6 Å². The van der Waals surface area contributed by atoms with Crippen molar-refractivity contribution in [3.8, 4) is 11.5 Å². The van der Waals surface area contributed by atoms with Crippen LogP contribution in [0.3, 0.4) is 0 Å². The fourth-order valence-corrected chi connectivity index (χ4v) is 3.71. The van der Waals surface area contributed by atoms with E-state index in [4.69, 9.17) is 14.6 Å². The Hall–Kier alpha value is -3.33. The second kappa shape index (κ2) is 9.93. The molecular weight excluding hydrogens is 406 g/mol. The average Bonchev–Trinajstić information content (AvgIpc) is 3.05. The summed E-state index contributed by atoms with van der Waals surface area (Å²) in [5, 5.41) is 18.9. The first-order valence-electron chi connectivity index (χ1n) is 9.12. The van der Waals surface area contributed by atoms with E-state index in [0.717, 1.165) is 22.9 Å². The first-order chi connectivity index (χ1) is 14.5. The molecule has 3 rings (SSSR count). The third-order valence-corrected chi connectivity index (χ3v) is 5.25. The number of hydrogen-bond acceptors (Lipinski definition) is 7. The van der Waals surface area contributed by atoms with Crippen LogP contribution in [0.2, 0.25) is 0 Å². The third-order valence-electron chi connectivity index (χ3n) is 4.18. The van der Waals surface area contributed by atoms with E-state index in [-0.39, 0.29) is 17.5 Å². The Kier molecular flexibility index (Phi) is 7.08. The molecule has 1 heterocycles. The highest BCUT2D eigenvalue weighted by Gasteiger charge is 2.32. The number of methoxy groups -OCH3 is 1. The van der Waals surface area contributed by atoms with Crippen LogP contribution in [0.4, 0.5) is 0 Å². The number of amides is 1. The topological polar surface area (TPSA) is 110 Å². The molecule has 1 unspecified atom stereocenters. The van der Waals surface area contributed by atoms with E-state index in [9.17, 15) is 9.59 Å². The summed E-state index contributed by atoms with van der Waals surface area (Å²) in [4.78, 5) is 22.6. The number of nitrogens with one attached hydrogen (secondary N) is 1. The first kappa shape index (κ1) is 21.4. The molecule has 0 aromatic heterocycles. The Labute approximate surface area is 178 Å². The average molecular weight is 427 g/mol. The molecule has 0 radical (unpaired) electrons. The van der Waals surface area contributed by atoms with Crippen LogP contribution < -0.4 is 14.8 Å². The van der Waals surface area contributed by atoms with Crippen molar-refractivity contribution in [2.45, 2.75) is 25.2 Å². The molecule has 30 heavy (non-hydrogen) atoms. The van der Waals surface area contributed by atoms with Crippen LogP contribution in [-0.4, -0.2) is 40.7 Å². The van der Waals surface area contributed by atoms with Crippen LogP contribution in [0.5, 0.6) is 11.5 Å². The summed E-state index contributed by atoms with van der Waals surface area (Å²) in [6.45, 7) is 2.38. The van der Waals surface area contributed by atoms with E-state index >= 15 is 0 Å². The van der Waals surface area contributed by atoms with Crippen LogP contribution in [-0.2, 0) is 16.2 Å². The second-order valence-corrected chi connectivity index (χ2v) is 7.69. The van der Waals surface area contributed by atoms with Gasteiger partial charge in [0.05, 0.1) is 19.7 Å². The number of hydrogen-bond donors (Lipinski definition) is 2. The van der Waals surface area contributed by atoms with Gasteiger partial charge in [0.1, 0.15) is 11.9 Å². The summed E-state index contributed by atoms with van der Waals surface area (Å²) in [7, 11) is 1.56. The number of amidine groups is 1. The molecule has 1 aliphatic heterocycles.